The maximum atomic E-state index is 12.3. The van der Waals surface area contributed by atoms with E-state index in [0.29, 0.717) is 5.69 Å². The van der Waals surface area contributed by atoms with Crippen LogP contribution in [0, 0.1) is 0 Å². The Morgan fingerprint density at radius 3 is 2.10 bits per heavy atom. The third kappa shape index (κ3) is 7.69. The molecule has 0 aliphatic rings. The number of nitrogens with two attached hydrogens (primary N) is 1. The number of carboxylic acid groups (broad SMARTS) is 1. The Morgan fingerprint density at radius 1 is 1.03 bits per heavy atom. The van der Waals surface area contributed by atoms with Gasteiger partial charge in [0, 0.05) is 24.1 Å². The van der Waals surface area contributed by atoms with Gasteiger partial charge in [-0.25, -0.2) is 9.78 Å². The van der Waals surface area contributed by atoms with E-state index in [1.165, 1.54) is 12.5 Å². The van der Waals surface area contributed by atoms with Gasteiger partial charge in [0.2, 0.25) is 17.7 Å². The zero-order valence-electron chi connectivity index (χ0n) is 15.2. The lowest BCUT2D eigenvalue weighted by atomic mass is 10.1. The first-order chi connectivity index (χ1) is 13.7. The molecule has 1 aromatic heterocycles. The van der Waals surface area contributed by atoms with E-state index in [9.17, 15) is 29.4 Å². The zero-order chi connectivity index (χ0) is 22.0. The number of thiol groups is 1. The number of aromatic nitrogens is 2. The summed E-state index contributed by atoms with van der Waals surface area (Å²) in [6.45, 7) is -1.46. The van der Waals surface area contributed by atoms with Crippen molar-refractivity contribution in [3.05, 3.63) is 18.2 Å². The average Bonchev–Trinajstić information content (AvgIpc) is 3.21. The molecule has 9 N–H and O–H groups in total. The Kier molecular flexibility index (Phi) is 10.1. The third-order valence-corrected chi connectivity index (χ3v) is 4.12. The number of aromatic amines is 1. The summed E-state index contributed by atoms with van der Waals surface area (Å²) >= 11 is 3.93. The molecule has 0 aliphatic heterocycles. The summed E-state index contributed by atoms with van der Waals surface area (Å²) in [7, 11) is 0. The maximum absolute atomic E-state index is 12.3. The number of aliphatic hydroxyl groups excluding tert-OH is 2. The number of hydrogen-bond acceptors (Lipinski definition) is 9. The quantitative estimate of drug-likeness (QED) is 0.146. The van der Waals surface area contributed by atoms with Gasteiger partial charge in [0.05, 0.1) is 19.5 Å². The Hall–Kier alpha value is -2.68. The summed E-state index contributed by atoms with van der Waals surface area (Å²) in [6.07, 6.45) is 2.65. The molecule has 1 rings (SSSR count). The van der Waals surface area contributed by atoms with Crippen molar-refractivity contribution >= 4 is 36.3 Å². The van der Waals surface area contributed by atoms with E-state index in [-0.39, 0.29) is 12.2 Å². The third-order valence-electron chi connectivity index (χ3n) is 3.76. The molecule has 4 atom stereocenters. The van der Waals surface area contributed by atoms with Crippen molar-refractivity contribution in [2.75, 3.05) is 19.0 Å². The summed E-state index contributed by atoms with van der Waals surface area (Å²) in [6, 6.07) is -5.26. The molecule has 0 aliphatic carbocycles. The Morgan fingerprint density at radius 2 is 1.62 bits per heavy atom. The number of nitrogens with one attached hydrogen (secondary N) is 4. The molecule has 3 amide bonds. The van der Waals surface area contributed by atoms with Crippen molar-refractivity contribution in [3.8, 4) is 0 Å². The van der Waals surface area contributed by atoms with E-state index >= 15 is 0 Å². The van der Waals surface area contributed by atoms with Gasteiger partial charge in [-0.2, -0.15) is 12.6 Å². The highest BCUT2D eigenvalue weighted by atomic mass is 32.1. The molecule has 0 fully saturated rings. The summed E-state index contributed by atoms with van der Waals surface area (Å²) in [4.78, 5) is 54.1. The first-order valence-electron chi connectivity index (χ1n) is 8.42. The predicted molar refractivity (Wildman–Crippen MR) is 102 cm³/mol. The van der Waals surface area contributed by atoms with Gasteiger partial charge in [-0.3, -0.25) is 14.4 Å². The molecule has 0 bridgehead atoms. The van der Waals surface area contributed by atoms with Crippen molar-refractivity contribution in [3.63, 3.8) is 0 Å². The first kappa shape index (κ1) is 24.4. The fourth-order valence-electron chi connectivity index (χ4n) is 2.11. The number of rotatable bonds is 12. The minimum atomic E-state index is -1.48. The van der Waals surface area contributed by atoms with Crippen LogP contribution in [-0.4, -0.2) is 92.1 Å². The second-order valence-corrected chi connectivity index (χ2v) is 6.32. The number of carbonyl (C=O) groups is 4. The summed E-state index contributed by atoms with van der Waals surface area (Å²) < 4.78 is 0. The number of nitrogens with zero attached hydrogens (tertiary/aromatic N) is 1. The molecule has 0 saturated carbocycles. The van der Waals surface area contributed by atoms with E-state index < -0.39 is 61.1 Å². The predicted octanol–water partition coefficient (Wildman–Crippen LogP) is -4.27. The van der Waals surface area contributed by atoms with Gasteiger partial charge in [0.1, 0.15) is 24.2 Å². The smallest absolute Gasteiger partial charge is 0.326 e. The van der Waals surface area contributed by atoms with Crippen molar-refractivity contribution < 1.29 is 34.5 Å². The zero-order valence-corrected chi connectivity index (χ0v) is 16.1. The van der Waals surface area contributed by atoms with Gasteiger partial charge in [0.15, 0.2) is 0 Å². The molecule has 14 heteroatoms. The van der Waals surface area contributed by atoms with Gasteiger partial charge in [-0.1, -0.05) is 0 Å². The monoisotopic (exact) mass is 432 g/mol. The molecule has 1 aromatic rings. The molecule has 29 heavy (non-hydrogen) atoms. The number of H-pyrrole nitrogens is 1. The van der Waals surface area contributed by atoms with E-state index in [4.69, 9.17) is 10.8 Å². The molecule has 0 aromatic carbocycles. The van der Waals surface area contributed by atoms with Crippen LogP contribution in [0.5, 0.6) is 0 Å². The Balaban J connectivity index is 2.73. The molecular formula is C15H24N6O7S. The molecule has 4 unspecified atom stereocenters. The van der Waals surface area contributed by atoms with Crippen LogP contribution in [0.15, 0.2) is 12.5 Å². The van der Waals surface area contributed by atoms with Crippen molar-refractivity contribution in [2.45, 2.75) is 30.6 Å². The number of hydrogen-bond donors (Lipinski definition) is 9. The van der Waals surface area contributed by atoms with Crippen LogP contribution >= 0.6 is 12.6 Å². The molecule has 1 heterocycles. The summed E-state index contributed by atoms with van der Waals surface area (Å²) in [5.41, 5.74) is 5.81. The van der Waals surface area contributed by atoms with Gasteiger partial charge >= 0.3 is 5.97 Å². The highest BCUT2D eigenvalue weighted by Gasteiger charge is 2.29. The largest absolute Gasteiger partial charge is 0.480 e. The Bertz CT molecular complexity index is 701. The fourth-order valence-corrected chi connectivity index (χ4v) is 2.37. The lowest BCUT2D eigenvalue weighted by molar-refractivity contribution is -0.142. The van der Waals surface area contributed by atoms with Crippen LogP contribution < -0.4 is 21.7 Å². The van der Waals surface area contributed by atoms with Crippen molar-refractivity contribution in [1.29, 1.82) is 0 Å². The van der Waals surface area contributed by atoms with E-state index in [0.717, 1.165) is 0 Å². The second-order valence-electron chi connectivity index (χ2n) is 5.96. The fraction of sp³-hybridized carbons (Fsp3) is 0.533. The minimum absolute atomic E-state index is 0.0957. The molecule has 0 saturated heterocycles. The number of aliphatic carboxylic acids is 1. The number of carbonyl (C=O) groups excluding carboxylic acids is 3. The summed E-state index contributed by atoms with van der Waals surface area (Å²) in [5.74, 6) is -4.09. The van der Waals surface area contributed by atoms with Crippen LogP contribution in [0.25, 0.3) is 0 Å². The van der Waals surface area contributed by atoms with Gasteiger partial charge in [-0.15, -0.1) is 0 Å². The summed E-state index contributed by atoms with van der Waals surface area (Å²) in [5, 5.41) is 34.2. The van der Waals surface area contributed by atoms with Crippen LogP contribution in [0.3, 0.4) is 0 Å². The molecule has 0 spiro atoms. The van der Waals surface area contributed by atoms with Crippen molar-refractivity contribution in [2.24, 2.45) is 5.73 Å². The Labute approximate surface area is 170 Å². The van der Waals surface area contributed by atoms with Crippen LogP contribution in [0.2, 0.25) is 0 Å². The highest BCUT2D eigenvalue weighted by Crippen LogP contribution is 2.00. The standard InChI is InChI=1S/C15H24N6O7S/c16-8(3-22)12(24)21-11(5-29)14(26)20-10(4-23)13(25)19-9(15(27)28)1-7-2-17-6-18-7/h2,6,8-11,22-23,29H,1,3-5,16H2,(H,17,18)(H,19,25)(H,20,26)(H,21,24)(H,27,28). The number of aliphatic hydroxyl groups is 2. The molecule has 13 nitrogen and oxygen atoms in total. The highest BCUT2D eigenvalue weighted by molar-refractivity contribution is 7.80. The van der Waals surface area contributed by atoms with E-state index in [2.05, 4.69) is 38.5 Å². The molecular weight excluding hydrogens is 408 g/mol. The lowest BCUT2D eigenvalue weighted by Crippen LogP contribution is -2.59. The normalized spacial score (nSPS) is 14.9. The van der Waals surface area contributed by atoms with Crippen LogP contribution in [-0.2, 0) is 25.6 Å². The number of imidazole rings is 1. The van der Waals surface area contributed by atoms with Gasteiger partial charge < -0.3 is 42.0 Å². The van der Waals surface area contributed by atoms with Crippen LogP contribution in [0.1, 0.15) is 5.69 Å². The number of carboxylic acids is 1. The first-order valence-corrected chi connectivity index (χ1v) is 9.06. The number of amides is 3. The van der Waals surface area contributed by atoms with Crippen LogP contribution in [0.4, 0.5) is 0 Å². The van der Waals surface area contributed by atoms with E-state index in [1.807, 2.05) is 0 Å². The lowest BCUT2D eigenvalue weighted by Gasteiger charge is -2.23. The van der Waals surface area contributed by atoms with Gasteiger partial charge in [0.25, 0.3) is 0 Å². The SMILES string of the molecule is NC(CO)C(=O)NC(CS)C(=O)NC(CO)C(=O)NC(Cc1cnc[nH]1)C(=O)O. The van der Waals surface area contributed by atoms with E-state index in [1.54, 1.807) is 0 Å². The van der Waals surface area contributed by atoms with Gasteiger partial charge in [-0.05, 0) is 0 Å². The minimum Gasteiger partial charge on any atom is -0.480 e. The topological polar surface area (TPSA) is 220 Å². The second kappa shape index (κ2) is 12.0. The van der Waals surface area contributed by atoms with Crippen molar-refractivity contribution in [1.82, 2.24) is 25.9 Å². The molecule has 162 valence electrons. The molecule has 0 radical (unpaired) electrons. The average molecular weight is 432 g/mol. The maximum Gasteiger partial charge on any atom is 0.326 e.